The summed E-state index contributed by atoms with van der Waals surface area (Å²) in [6, 6.07) is 1.76. The second-order valence-corrected chi connectivity index (χ2v) is 4.57. The number of aromatic nitrogens is 2. The Morgan fingerprint density at radius 2 is 2.10 bits per heavy atom. The second-order valence-electron chi connectivity index (χ2n) is 4.57. The van der Waals surface area contributed by atoms with Gasteiger partial charge in [-0.3, -0.25) is 4.68 Å². The summed E-state index contributed by atoms with van der Waals surface area (Å²) in [5.74, 6) is -2.59. The van der Waals surface area contributed by atoms with Gasteiger partial charge in [-0.2, -0.15) is 5.10 Å². The lowest BCUT2D eigenvalue weighted by Crippen LogP contribution is -2.08. The first-order valence-corrected chi connectivity index (χ1v) is 6.22. The molecule has 0 aliphatic heterocycles. The predicted molar refractivity (Wildman–Crippen MR) is 73.0 cm³/mol. The summed E-state index contributed by atoms with van der Waals surface area (Å²) in [5.41, 5.74) is 1.39. The molecule has 0 aliphatic rings. The Labute approximate surface area is 120 Å². The van der Waals surface area contributed by atoms with Crippen LogP contribution in [0, 0.1) is 18.6 Å². The molecule has 7 heteroatoms. The fourth-order valence-corrected chi connectivity index (χ4v) is 1.96. The van der Waals surface area contributed by atoms with E-state index in [-0.39, 0.29) is 11.3 Å². The van der Waals surface area contributed by atoms with Crippen molar-refractivity contribution in [3.63, 3.8) is 0 Å². The van der Waals surface area contributed by atoms with Crippen LogP contribution in [0.4, 0.5) is 14.5 Å². The molecule has 0 atom stereocenters. The van der Waals surface area contributed by atoms with Crippen molar-refractivity contribution in [3.8, 4) is 0 Å². The van der Waals surface area contributed by atoms with E-state index < -0.39 is 17.6 Å². The fourth-order valence-electron chi connectivity index (χ4n) is 1.96. The zero-order chi connectivity index (χ0) is 15.6. The molecular weight excluding hydrogens is 280 g/mol. The van der Waals surface area contributed by atoms with Crippen LogP contribution in [0.5, 0.6) is 0 Å². The van der Waals surface area contributed by atoms with Gasteiger partial charge in [-0.15, -0.1) is 0 Å². The number of nitrogens with zero attached hydrogens (tertiary/aromatic N) is 2. The van der Waals surface area contributed by atoms with Crippen molar-refractivity contribution in [1.29, 1.82) is 0 Å². The van der Waals surface area contributed by atoms with Gasteiger partial charge in [0.1, 0.15) is 11.6 Å². The smallest absolute Gasteiger partial charge is 0.340 e. The van der Waals surface area contributed by atoms with Crippen LogP contribution in [0.2, 0.25) is 0 Å². The Kier molecular flexibility index (Phi) is 4.21. The van der Waals surface area contributed by atoms with Gasteiger partial charge in [-0.25, -0.2) is 13.6 Å². The minimum atomic E-state index is -0.956. The lowest BCUT2D eigenvalue weighted by Gasteiger charge is -2.09. The van der Waals surface area contributed by atoms with Crippen LogP contribution in [-0.2, 0) is 18.3 Å². The first kappa shape index (κ1) is 15.0. The van der Waals surface area contributed by atoms with E-state index in [2.05, 4.69) is 15.2 Å². The molecule has 0 amide bonds. The van der Waals surface area contributed by atoms with Gasteiger partial charge in [-0.05, 0) is 13.0 Å². The molecule has 0 bridgehead atoms. The van der Waals surface area contributed by atoms with Crippen LogP contribution in [0.15, 0.2) is 18.3 Å². The number of rotatable bonds is 4. The van der Waals surface area contributed by atoms with Gasteiger partial charge in [-0.1, -0.05) is 0 Å². The number of benzene rings is 1. The normalized spacial score (nSPS) is 10.5. The van der Waals surface area contributed by atoms with Gasteiger partial charge < -0.3 is 10.1 Å². The summed E-state index contributed by atoms with van der Waals surface area (Å²) >= 11 is 0. The van der Waals surface area contributed by atoms with Gasteiger partial charge in [0.15, 0.2) is 0 Å². The first-order valence-electron chi connectivity index (χ1n) is 6.22. The zero-order valence-corrected chi connectivity index (χ0v) is 11.9. The van der Waals surface area contributed by atoms with E-state index in [1.807, 2.05) is 6.92 Å². The van der Waals surface area contributed by atoms with E-state index in [4.69, 9.17) is 0 Å². The van der Waals surface area contributed by atoms with Crippen LogP contribution in [0.3, 0.4) is 0 Å². The Morgan fingerprint density at radius 3 is 2.67 bits per heavy atom. The molecule has 1 N–H and O–H groups in total. The van der Waals surface area contributed by atoms with Crippen LogP contribution in [0.1, 0.15) is 21.6 Å². The number of nitrogens with one attached hydrogen (secondary N) is 1. The average molecular weight is 295 g/mol. The Morgan fingerprint density at radius 1 is 1.38 bits per heavy atom. The maximum atomic E-state index is 13.7. The molecule has 0 aliphatic carbocycles. The van der Waals surface area contributed by atoms with E-state index in [9.17, 15) is 13.6 Å². The highest BCUT2D eigenvalue weighted by molar-refractivity contribution is 5.90. The highest BCUT2D eigenvalue weighted by atomic mass is 19.1. The number of ether oxygens (including phenoxy) is 1. The summed E-state index contributed by atoms with van der Waals surface area (Å²) in [5, 5.41) is 6.99. The number of halogens is 2. The Balaban J connectivity index is 2.23. The van der Waals surface area contributed by atoms with Gasteiger partial charge in [0, 0.05) is 31.4 Å². The number of carbonyl (C=O) groups excluding carboxylic acids is 1. The summed E-state index contributed by atoms with van der Waals surface area (Å²) in [7, 11) is 2.92. The number of esters is 1. The van der Waals surface area contributed by atoms with Crippen molar-refractivity contribution in [1.82, 2.24) is 9.78 Å². The quantitative estimate of drug-likeness (QED) is 0.880. The number of anilines is 1. The largest absolute Gasteiger partial charge is 0.465 e. The molecule has 1 aromatic heterocycles. The standard InChI is InChI=1S/C14H15F2N3O2/c1-8-9(7-19(2)18-8)6-17-13-4-10(14(20)21-3)11(15)5-12(13)16/h4-5,7,17H,6H2,1-3H3. The Bertz CT molecular complexity index is 683. The topological polar surface area (TPSA) is 56.1 Å². The molecule has 1 aromatic carbocycles. The molecule has 0 radical (unpaired) electrons. The summed E-state index contributed by atoms with van der Waals surface area (Å²) in [6.07, 6.45) is 1.80. The fraction of sp³-hybridized carbons (Fsp3) is 0.286. The first-order chi connectivity index (χ1) is 9.92. The van der Waals surface area contributed by atoms with Gasteiger partial charge in [0.25, 0.3) is 0 Å². The summed E-state index contributed by atoms with van der Waals surface area (Å²) in [6.45, 7) is 2.14. The predicted octanol–water partition coefficient (Wildman–Crippen LogP) is 2.41. The minimum Gasteiger partial charge on any atom is -0.465 e. The van der Waals surface area contributed by atoms with E-state index >= 15 is 0 Å². The number of methoxy groups -OCH3 is 1. The molecule has 0 saturated heterocycles. The third-order valence-corrected chi connectivity index (χ3v) is 3.05. The molecule has 5 nitrogen and oxygen atoms in total. The highest BCUT2D eigenvalue weighted by Crippen LogP contribution is 2.21. The molecule has 0 spiro atoms. The molecule has 0 fully saturated rings. The average Bonchev–Trinajstić information content (AvgIpc) is 2.75. The zero-order valence-electron chi connectivity index (χ0n) is 11.9. The van der Waals surface area contributed by atoms with Gasteiger partial charge in [0.05, 0.1) is 24.1 Å². The van der Waals surface area contributed by atoms with Crippen LogP contribution >= 0.6 is 0 Å². The molecule has 0 unspecified atom stereocenters. The Hall–Kier alpha value is -2.44. The number of hydrogen-bond acceptors (Lipinski definition) is 4. The second kappa shape index (κ2) is 5.90. The number of hydrogen-bond donors (Lipinski definition) is 1. The van der Waals surface area contributed by atoms with E-state index in [1.165, 1.54) is 0 Å². The molecule has 0 saturated carbocycles. The van der Waals surface area contributed by atoms with Crippen molar-refractivity contribution in [2.45, 2.75) is 13.5 Å². The van der Waals surface area contributed by atoms with Gasteiger partial charge in [0.2, 0.25) is 0 Å². The van der Waals surface area contributed by atoms with Crippen molar-refractivity contribution >= 4 is 11.7 Å². The van der Waals surface area contributed by atoms with Crippen molar-refractivity contribution < 1.29 is 18.3 Å². The number of aryl methyl sites for hydroxylation is 2. The lowest BCUT2D eigenvalue weighted by atomic mass is 10.1. The van der Waals surface area contributed by atoms with Crippen LogP contribution in [0.25, 0.3) is 0 Å². The van der Waals surface area contributed by atoms with Crippen LogP contribution < -0.4 is 5.32 Å². The highest BCUT2D eigenvalue weighted by Gasteiger charge is 2.16. The molecule has 2 aromatic rings. The maximum absolute atomic E-state index is 13.7. The minimum absolute atomic E-state index is 0.0278. The van der Waals surface area contributed by atoms with E-state index in [1.54, 1.807) is 17.9 Å². The van der Waals surface area contributed by atoms with Crippen LogP contribution in [-0.4, -0.2) is 22.9 Å². The monoisotopic (exact) mass is 295 g/mol. The molecule has 21 heavy (non-hydrogen) atoms. The third kappa shape index (κ3) is 3.18. The maximum Gasteiger partial charge on any atom is 0.340 e. The van der Waals surface area contributed by atoms with E-state index in [0.29, 0.717) is 12.6 Å². The summed E-state index contributed by atoms with van der Waals surface area (Å²) in [4.78, 5) is 11.4. The molecule has 112 valence electrons. The molecule has 2 rings (SSSR count). The third-order valence-electron chi connectivity index (χ3n) is 3.05. The van der Waals surface area contributed by atoms with Crippen molar-refractivity contribution in [3.05, 3.63) is 46.8 Å². The van der Waals surface area contributed by atoms with Gasteiger partial charge >= 0.3 is 5.97 Å². The number of carbonyl (C=O) groups is 1. The lowest BCUT2D eigenvalue weighted by molar-refractivity contribution is 0.0595. The SMILES string of the molecule is COC(=O)c1cc(NCc2cn(C)nc2C)c(F)cc1F. The van der Waals surface area contributed by atoms with E-state index in [0.717, 1.165) is 24.4 Å². The molecular formula is C14H15F2N3O2. The molecule has 1 heterocycles. The summed E-state index contributed by atoms with van der Waals surface area (Å²) < 4.78 is 33.3. The van der Waals surface area contributed by atoms with Crippen molar-refractivity contribution in [2.24, 2.45) is 7.05 Å². The van der Waals surface area contributed by atoms with Crippen molar-refractivity contribution in [2.75, 3.05) is 12.4 Å².